The van der Waals surface area contributed by atoms with Crippen LogP contribution in [0, 0.1) is 17.0 Å². The molecule has 7 heteroatoms. The topological polar surface area (TPSA) is 85.9 Å². The SMILES string of the molecule is Cc1ccnc(NCc2cnn(C)c2)c1[N+](=O)[O-]. The van der Waals surface area contributed by atoms with Crippen LogP contribution in [0.4, 0.5) is 11.5 Å². The Bertz CT molecular complexity index is 579. The second kappa shape index (κ2) is 4.82. The molecule has 7 nitrogen and oxygen atoms in total. The van der Waals surface area contributed by atoms with E-state index in [4.69, 9.17) is 0 Å². The van der Waals surface area contributed by atoms with Crippen LogP contribution in [0.15, 0.2) is 24.7 Å². The minimum Gasteiger partial charge on any atom is -0.360 e. The molecule has 0 saturated heterocycles. The highest BCUT2D eigenvalue weighted by molar-refractivity contribution is 5.59. The summed E-state index contributed by atoms with van der Waals surface area (Å²) >= 11 is 0. The first-order valence-corrected chi connectivity index (χ1v) is 5.39. The third-order valence-corrected chi connectivity index (χ3v) is 2.53. The largest absolute Gasteiger partial charge is 0.360 e. The van der Waals surface area contributed by atoms with Crippen LogP contribution in [0.25, 0.3) is 0 Å². The Hall–Kier alpha value is -2.44. The molecule has 0 radical (unpaired) electrons. The van der Waals surface area contributed by atoms with Crippen molar-refractivity contribution in [3.8, 4) is 0 Å². The van der Waals surface area contributed by atoms with E-state index in [2.05, 4.69) is 15.4 Å². The van der Waals surface area contributed by atoms with Crippen molar-refractivity contribution in [2.45, 2.75) is 13.5 Å². The van der Waals surface area contributed by atoms with Crippen LogP contribution in [0.3, 0.4) is 0 Å². The molecule has 2 rings (SSSR count). The molecular formula is C11H13N5O2. The molecule has 0 aliphatic carbocycles. The zero-order valence-corrected chi connectivity index (χ0v) is 10.1. The third-order valence-electron chi connectivity index (χ3n) is 2.53. The first-order chi connectivity index (χ1) is 8.58. The molecule has 2 aromatic rings. The Morgan fingerprint density at radius 3 is 2.94 bits per heavy atom. The number of nitro groups is 1. The Balaban J connectivity index is 2.19. The zero-order chi connectivity index (χ0) is 13.1. The summed E-state index contributed by atoms with van der Waals surface area (Å²) in [6.07, 6.45) is 5.09. The van der Waals surface area contributed by atoms with Gasteiger partial charge in [-0.15, -0.1) is 0 Å². The van der Waals surface area contributed by atoms with Gasteiger partial charge in [-0.25, -0.2) is 4.98 Å². The van der Waals surface area contributed by atoms with Crippen LogP contribution in [-0.2, 0) is 13.6 Å². The number of aromatic nitrogens is 3. The summed E-state index contributed by atoms with van der Waals surface area (Å²) in [5.41, 5.74) is 1.54. The van der Waals surface area contributed by atoms with Gasteiger partial charge in [0.1, 0.15) is 0 Å². The van der Waals surface area contributed by atoms with Crippen LogP contribution in [0.1, 0.15) is 11.1 Å². The molecule has 0 spiro atoms. The Morgan fingerprint density at radius 2 is 2.33 bits per heavy atom. The van der Waals surface area contributed by atoms with Gasteiger partial charge in [-0.3, -0.25) is 14.8 Å². The molecule has 1 N–H and O–H groups in total. The van der Waals surface area contributed by atoms with Crippen molar-refractivity contribution >= 4 is 11.5 Å². The fourth-order valence-corrected chi connectivity index (χ4v) is 1.66. The lowest BCUT2D eigenvalue weighted by atomic mass is 10.2. The molecule has 2 aromatic heterocycles. The highest BCUT2D eigenvalue weighted by Crippen LogP contribution is 2.25. The average molecular weight is 247 g/mol. The molecule has 18 heavy (non-hydrogen) atoms. The summed E-state index contributed by atoms with van der Waals surface area (Å²) in [4.78, 5) is 14.5. The van der Waals surface area contributed by atoms with Crippen molar-refractivity contribution in [1.29, 1.82) is 0 Å². The maximum Gasteiger partial charge on any atom is 0.314 e. The lowest BCUT2D eigenvalue weighted by Gasteiger charge is -2.05. The molecule has 0 amide bonds. The average Bonchev–Trinajstić information content (AvgIpc) is 2.72. The van der Waals surface area contributed by atoms with Crippen LogP contribution in [0.5, 0.6) is 0 Å². The summed E-state index contributed by atoms with van der Waals surface area (Å²) in [5.74, 6) is 0.281. The normalized spacial score (nSPS) is 10.3. The highest BCUT2D eigenvalue weighted by atomic mass is 16.6. The van der Waals surface area contributed by atoms with E-state index in [0.717, 1.165) is 5.56 Å². The van der Waals surface area contributed by atoms with E-state index in [9.17, 15) is 10.1 Å². The smallest absolute Gasteiger partial charge is 0.314 e. The zero-order valence-electron chi connectivity index (χ0n) is 10.1. The van der Waals surface area contributed by atoms with Gasteiger partial charge in [0.05, 0.1) is 11.1 Å². The third kappa shape index (κ3) is 2.45. The van der Waals surface area contributed by atoms with Crippen LogP contribution < -0.4 is 5.32 Å². The van der Waals surface area contributed by atoms with E-state index in [1.165, 1.54) is 0 Å². The van der Waals surface area contributed by atoms with E-state index in [-0.39, 0.29) is 11.5 Å². The minimum absolute atomic E-state index is 0.0152. The van der Waals surface area contributed by atoms with Crippen LogP contribution in [0.2, 0.25) is 0 Å². The van der Waals surface area contributed by atoms with Gasteiger partial charge >= 0.3 is 5.69 Å². The van der Waals surface area contributed by atoms with E-state index in [1.54, 1.807) is 30.1 Å². The van der Waals surface area contributed by atoms with Gasteiger partial charge in [-0.2, -0.15) is 5.10 Å². The van der Waals surface area contributed by atoms with Gasteiger partial charge < -0.3 is 5.32 Å². The van der Waals surface area contributed by atoms with Gasteiger partial charge in [-0.05, 0) is 13.0 Å². The maximum absolute atomic E-state index is 11.0. The van der Waals surface area contributed by atoms with Crippen molar-refractivity contribution < 1.29 is 4.92 Å². The summed E-state index contributed by atoms with van der Waals surface area (Å²) in [6.45, 7) is 2.14. The maximum atomic E-state index is 11.0. The second-order valence-corrected chi connectivity index (χ2v) is 3.96. The van der Waals surface area contributed by atoms with Crippen LogP contribution in [-0.4, -0.2) is 19.7 Å². The number of pyridine rings is 1. The molecule has 2 heterocycles. The summed E-state index contributed by atoms with van der Waals surface area (Å²) in [5, 5.41) is 18.0. The fraction of sp³-hybridized carbons (Fsp3) is 0.273. The van der Waals surface area contributed by atoms with Crippen molar-refractivity contribution in [3.63, 3.8) is 0 Å². The van der Waals surface area contributed by atoms with Crippen molar-refractivity contribution in [1.82, 2.24) is 14.8 Å². The Kier molecular flexibility index (Phi) is 3.22. The molecule has 0 aliphatic heterocycles. The molecule has 0 fully saturated rings. The number of hydrogen-bond donors (Lipinski definition) is 1. The molecule has 0 bridgehead atoms. The van der Waals surface area contributed by atoms with Gasteiger partial charge in [0.15, 0.2) is 0 Å². The molecule has 0 aliphatic rings. The summed E-state index contributed by atoms with van der Waals surface area (Å²) < 4.78 is 1.68. The highest BCUT2D eigenvalue weighted by Gasteiger charge is 2.17. The van der Waals surface area contributed by atoms with Crippen molar-refractivity contribution in [3.05, 3.63) is 45.9 Å². The number of aryl methyl sites for hydroxylation is 2. The summed E-state index contributed by atoms with van der Waals surface area (Å²) in [6, 6.07) is 1.62. The van der Waals surface area contributed by atoms with Crippen LogP contribution >= 0.6 is 0 Å². The van der Waals surface area contributed by atoms with E-state index >= 15 is 0 Å². The van der Waals surface area contributed by atoms with E-state index < -0.39 is 4.92 Å². The summed E-state index contributed by atoms with van der Waals surface area (Å²) in [7, 11) is 1.82. The van der Waals surface area contributed by atoms with Crippen molar-refractivity contribution in [2.24, 2.45) is 7.05 Å². The standard InChI is InChI=1S/C11H13N5O2/c1-8-3-4-12-11(10(8)16(17)18)13-5-9-6-14-15(2)7-9/h3-4,6-7H,5H2,1-2H3,(H,12,13). The number of rotatable bonds is 4. The number of hydrogen-bond acceptors (Lipinski definition) is 5. The molecule has 0 aromatic carbocycles. The number of anilines is 1. The Labute approximate surface area is 104 Å². The fourth-order valence-electron chi connectivity index (χ4n) is 1.66. The first-order valence-electron chi connectivity index (χ1n) is 5.39. The number of nitrogens with one attached hydrogen (secondary N) is 1. The van der Waals surface area contributed by atoms with Crippen molar-refractivity contribution in [2.75, 3.05) is 5.32 Å². The van der Waals surface area contributed by atoms with Gasteiger partial charge in [0, 0.05) is 37.1 Å². The molecule has 0 atom stereocenters. The van der Waals surface area contributed by atoms with Gasteiger partial charge in [0.2, 0.25) is 5.82 Å². The lowest BCUT2D eigenvalue weighted by Crippen LogP contribution is -2.05. The molecule has 94 valence electrons. The Morgan fingerprint density at radius 1 is 1.56 bits per heavy atom. The second-order valence-electron chi connectivity index (χ2n) is 3.96. The quantitative estimate of drug-likeness (QED) is 0.655. The molecular weight excluding hydrogens is 234 g/mol. The molecule has 0 saturated carbocycles. The van der Waals surface area contributed by atoms with Gasteiger partial charge in [-0.1, -0.05) is 0 Å². The molecule has 0 unspecified atom stereocenters. The minimum atomic E-state index is -0.423. The first kappa shape index (κ1) is 12.0. The predicted molar refractivity (Wildman–Crippen MR) is 66.2 cm³/mol. The monoisotopic (exact) mass is 247 g/mol. The van der Waals surface area contributed by atoms with E-state index in [1.807, 2.05) is 13.2 Å². The lowest BCUT2D eigenvalue weighted by molar-refractivity contribution is -0.384. The number of nitrogens with zero attached hydrogens (tertiary/aromatic N) is 4. The van der Waals surface area contributed by atoms with Gasteiger partial charge in [0.25, 0.3) is 0 Å². The van der Waals surface area contributed by atoms with E-state index in [0.29, 0.717) is 12.1 Å². The predicted octanol–water partition coefficient (Wildman–Crippen LogP) is 1.64.